The zero-order chi connectivity index (χ0) is 24.0. The van der Waals surface area contributed by atoms with Crippen molar-refractivity contribution in [3.05, 3.63) is 57.6 Å². The smallest absolute Gasteiger partial charge is 0.326 e. The van der Waals surface area contributed by atoms with E-state index in [4.69, 9.17) is 23.2 Å². The lowest BCUT2D eigenvalue weighted by Crippen LogP contribution is -2.42. The Morgan fingerprint density at radius 3 is 2.45 bits per heavy atom. The minimum Gasteiger partial charge on any atom is -0.480 e. The summed E-state index contributed by atoms with van der Waals surface area (Å²) in [6.07, 6.45) is 5.64. The number of carbonyl (C=O) groups excluding carboxylic acids is 2. The summed E-state index contributed by atoms with van der Waals surface area (Å²) in [6, 6.07) is 8.00. The molecular formula is C24H27Cl2N3O4. The average molecular weight is 492 g/mol. The number of carbonyl (C=O) groups is 3. The summed E-state index contributed by atoms with van der Waals surface area (Å²) in [5.41, 5.74) is 1.49. The Bertz CT molecular complexity index is 1020. The van der Waals surface area contributed by atoms with Gasteiger partial charge in [0.05, 0.1) is 22.0 Å². The second kappa shape index (κ2) is 11.4. The van der Waals surface area contributed by atoms with E-state index in [1.165, 1.54) is 18.2 Å². The van der Waals surface area contributed by atoms with Crippen molar-refractivity contribution < 1.29 is 19.5 Å². The standard InChI is InChI=1S/C24H27Cl2N3O4/c1-14-6-5-9-18(26)21(14)29-24(33)28-19-13-16(25)10-11-17(19)22(30)27-20(23(31)32)12-15-7-3-2-4-8-15/h5-6,9-11,13,15,20H,2-4,7-8,12H2,1H3,(H,27,30)(H,31,32)(H2,28,29,33)/t20-/m0/s1. The molecule has 1 aliphatic carbocycles. The highest BCUT2D eigenvalue weighted by molar-refractivity contribution is 6.34. The molecule has 1 atom stereocenters. The minimum absolute atomic E-state index is 0.111. The van der Waals surface area contributed by atoms with Gasteiger partial charge in [0.25, 0.3) is 5.91 Å². The van der Waals surface area contributed by atoms with E-state index in [1.807, 2.05) is 0 Å². The molecule has 1 fully saturated rings. The molecule has 4 N–H and O–H groups in total. The van der Waals surface area contributed by atoms with E-state index in [2.05, 4.69) is 16.0 Å². The van der Waals surface area contributed by atoms with Crippen molar-refractivity contribution in [3.8, 4) is 0 Å². The topological polar surface area (TPSA) is 108 Å². The number of halogens is 2. The van der Waals surface area contributed by atoms with Crippen LogP contribution in [0.4, 0.5) is 16.2 Å². The molecule has 7 nitrogen and oxygen atoms in total. The molecule has 0 spiro atoms. The number of anilines is 2. The summed E-state index contributed by atoms with van der Waals surface area (Å²) in [4.78, 5) is 37.4. The summed E-state index contributed by atoms with van der Waals surface area (Å²) in [7, 11) is 0. The van der Waals surface area contributed by atoms with E-state index in [0.717, 1.165) is 37.7 Å². The molecule has 0 aromatic heterocycles. The van der Waals surface area contributed by atoms with Gasteiger partial charge in [-0.2, -0.15) is 0 Å². The number of urea groups is 1. The first kappa shape index (κ1) is 24.9. The lowest BCUT2D eigenvalue weighted by atomic mass is 9.85. The zero-order valence-electron chi connectivity index (χ0n) is 18.3. The molecule has 1 saturated carbocycles. The van der Waals surface area contributed by atoms with Gasteiger partial charge < -0.3 is 21.1 Å². The highest BCUT2D eigenvalue weighted by Gasteiger charge is 2.27. The van der Waals surface area contributed by atoms with Crippen LogP contribution in [0.2, 0.25) is 10.0 Å². The Morgan fingerprint density at radius 2 is 1.79 bits per heavy atom. The summed E-state index contributed by atoms with van der Waals surface area (Å²) in [5, 5.41) is 18.2. The lowest BCUT2D eigenvalue weighted by Gasteiger charge is -2.25. The van der Waals surface area contributed by atoms with Crippen LogP contribution in [0, 0.1) is 12.8 Å². The summed E-state index contributed by atoms with van der Waals surface area (Å²) in [5.74, 6) is -1.41. The van der Waals surface area contributed by atoms with E-state index in [-0.39, 0.29) is 17.2 Å². The monoisotopic (exact) mass is 491 g/mol. The van der Waals surface area contributed by atoms with Gasteiger partial charge in [-0.05, 0) is 49.1 Å². The predicted molar refractivity (Wildman–Crippen MR) is 130 cm³/mol. The van der Waals surface area contributed by atoms with Crippen molar-refractivity contribution in [1.29, 1.82) is 0 Å². The van der Waals surface area contributed by atoms with Crippen LogP contribution in [-0.2, 0) is 4.79 Å². The Morgan fingerprint density at radius 1 is 1.06 bits per heavy atom. The van der Waals surface area contributed by atoms with Crippen molar-refractivity contribution in [2.24, 2.45) is 5.92 Å². The molecule has 0 unspecified atom stereocenters. The molecule has 0 saturated heterocycles. The van der Waals surface area contributed by atoms with Gasteiger partial charge in [0.15, 0.2) is 0 Å². The summed E-state index contributed by atoms with van der Waals surface area (Å²) in [6.45, 7) is 1.80. The first-order chi connectivity index (χ1) is 15.7. The quantitative estimate of drug-likeness (QED) is 0.375. The maximum Gasteiger partial charge on any atom is 0.326 e. The van der Waals surface area contributed by atoms with E-state index < -0.39 is 23.9 Å². The van der Waals surface area contributed by atoms with Crippen molar-refractivity contribution in [1.82, 2.24) is 5.32 Å². The third-order valence-electron chi connectivity index (χ3n) is 5.83. The van der Waals surface area contributed by atoms with Crippen LogP contribution in [0.15, 0.2) is 36.4 Å². The number of carboxylic acid groups (broad SMARTS) is 1. The summed E-state index contributed by atoms with van der Waals surface area (Å²) >= 11 is 12.2. The van der Waals surface area contributed by atoms with Crippen molar-refractivity contribution in [2.45, 2.75) is 51.5 Å². The molecule has 0 radical (unpaired) electrons. The molecule has 0 heterocycles. The predicted octanol–water partition coefficient (Wildman–Crippen LogP) is 6.10. The van der Waals surface area contributed by atoms with Crippen LogP contribution in [0.3, 0.4) is 0 Å². The number of hydrogen-bond donors (Lipinski definition) is 4. The van der Waals surface area contributed by atoms with Crippen LogP contribution in [0.1, 0.15) is 54.4 Å². The second-order valence-corrected chi connectivity index (χ2v) is 9.15. The highest BCUT2D eigenvalue weighted by Crippen LogP contribution is 2.29. The van der Waals surface area contributed by atoms with Crippen molar-refractivity contribution in [2.75, 3.05) is 10.6 Å². The molecule has 2 aromatic carbocycles. The molecule has 33 heavy (non-hydrogen) atoms. The minimum atomic E-state index is -1.08. The normalized spacial score (nSPS) is 14.9. The van der Waals surface area contributed by atoms with Gasteiger partial charge in [-0.3, -0.25) is 4.79 Å². The maximum atomic E-state index is 13.0. The third kappa shape index (κ3) is 6.85. The molecule has 1 aliphatic rings. The van der Waals surface area contributed by atoms with Gasteiger partial charge in [0.2, 0.25) is 0 Å². The Balaban J connectivity index is 1.74. The van der Waals surface area contributed by atoms with E-state index in [9.17, 15) is 19.5 Å². The zero-order valence-corrected chi connectivity index (χ0v) is 19.8. The third-order valence-corrected chi connectivity index (χ3v) is 6.38. The van der Waals surface area contributed by atoms with E-state index in [1.54, 1.807) is 25.1 Å². The van der Waals surface area contributed by atoms with Gasteiger partial charge >= 0.3 is 12.0 Å². The first-order valence-corrected chi connectivity index (χ1v) is 11.7. The molecule has 3 amide bonds. The van der Waals surface area contributed by atoms with Gasteiger partial charge in [0.1, 0.15) is 6.04 Å². The van der Waals surface area contributed by atoms with Crippen LogP contribution in [0.5, 0.6) is 0 Å². The summed E-state index contributed by atoms with van der Waals surface area (Å²) < 4.78 is 0. The average Bonchev–Trinajstić information content (AvgIpc) is 2.76. The number of carboxylic acids is 1. The van der Waals surface area contributed by atoms with Crippen molar-refractivity contribution in [3.63, 3.8) is 0 Å². The Hall–Kier alpha value is -2.77. The number of rotatable bonds is 7. The number of hydrogen-bond acceptors (Lipinski definition) is 3. The second-order valence-electron chi connectivity index (χ2n) is 8.30. The SMILES string of the molecule is Cc1cccc(Cl)c1NC(=O)Nc1cc(Cl)ccc1C(=O)N[C@@H](CC1CCCCC1)C(=O)O. The highest BCUT2D eigenvalue weighted by atomic mass is 35.5. The number of amides is 3. The van der Waals surface area contributed by atoms with Gasteiger partial charge in [-0.15, -0.1) is 0 Å². The fraction of sp³-hybridized carbons (Fsp3) is 0.375. The molecule has 176 valence electrons. The Labute approximate surface area is 202 Å². The molecular weight excluding hydrogens is 465 g/mol. The van der Waals surface area contributed by atoms with Crippen molar-refractivity contribution >= 4 is 52.5 Å². The molecule has 2 aromatic rings. The molecule has 0 bridgehead atoms. The fourth-order valence-corrected chi connectivity index (χ4v) is 4.53. The van der Waals surface area contributed by atoms with E-state index >= 15 is 0 Å². The first-order valence-electron chi connectivity index (χ1n) is 10.9. The van der Waals surface area contributed by atoms with Gasteiger partial charge in [0, 0.05) is 5.02 Å². The molecule has 9 heteroatoms. The van der Waals surface area contributed by atoms with Crippen LogP contribution in [-0.4, -0.2) is 29.1 Å². The molecule has 0 aliphatic heterocycles. The molecule has 3 rings (SSSR count). The number of nitrogens with one attached hydrogen (secondary N) is 3. The van der Waals surface area contributed by atoms with E-state index in [0.29, 0.717) is 22.2 Å². The number of aryl methyl sites for hydroxylation is 1. The van der Waals surface area contributed by atoms with Crippen LogP contribution in [0.25, 0.3) is 0 Å². The maximum absolute atomic E-state index is 13.0. The van der Waals surface area contributed by atoms with Gasteiger partial charge in [-0.25, -0.2) is 9.59 Å². The van der Waals surface area contributed by atoms with Crippen LogP contribution >= 0.6 is 23.2 Å². The lowest BCUT2D eigenvalue weighted by molar-refractivity contribution is -0.139. The largest absolute Gasteiger partial charge is 0.480 e. The number of benzene rings is 2. The number of para-hydroxylation sites is 1. The van der Waals surface area contributed by atoms with Crippen LogP contribution < -0.4 is 16.0 Å². The Kier molecular flexibility index (Phi) is 8.58. The fourth-order valence-electron chi connectivity index (χ4n) is 4.09. The number of aliphatic carboxylic acids is 1. The van der Waals surface area contributed by atoms with Gasteiger partial charge in [-0.1, -0.05) is 67.4 Å².